The van der Waals surface area contributed by atoms with Gasteiger partial charge in [-0.1, -0.05) is 6.07 Å². The normalized spacial score (nSPS) is 19.1. The van der Waals surface area contributed by atoms with Crippen molar-refractivity contribution in [3.63, 3.8) is 0 Å². The number of piperidine rings is 1. The van der Waals surface area contributed by atoms with Crippen molar-refractivity contribution in [2.75, 3.05) is 19.7 Å². The van der Waals surface area contributed by atoms with Gasteiger partial charge in [-0.15, -0.1) is 0 Å². The Bertz CT molecular complexity index is 861. The number of benzene rings is 2. The number of carbonyl (C=O) groups excluding carboxylic acids is 1. The van der Waals surface area contributed by atoms with Gasteiger partial charge in [-0.3, -0.25) is 14.9 Å². The molecule has 2 N–H and O–H groups in total. The first-order valence-corrected chi connectivity index (χ1v) is 8.76. The van der Waals surface area contributed by atoms with Crippen LogP contribution in [0, 0.1) is 21.7 Å². The summed E-state index contributed by atoms with van der Waals surface area (Å²) in [6.07, 6.45) is 0.666. The summed E-state index contributed by atoms with van der Waals surface area (Å²) in [7, 11) is 0. The maximum absolute atomic E-state index is 13.6. The molecule has 2 unspecified atom stereocenters. The van der Waals surface area contributed by atoms with E-state index in [9.17, 15) is 23.7 Å². The lowest BCUT2D eigenvalue weighted by Gasteiger charge is -2.33. The topological polar surface area (TPSA) is 93.5 Å². The smallest absolute Gasteiger partial charge is 0.269 e. The van der Waals surface area contributed by atoms with E-state index in [2.05, 4.69) is 10.6 Å². The second-order valence-electron chi connectivity index (χ2n) is 6.49. The van der Waals surface area contributed by atoms with E-state index in [-0.39, 0.29) is 30.2 Å². The third-order valence-electron chi connectivity index (χ3n) is 4.62. The van der Waals surface area contributed by atoms with E-state index < -0.39 is 16.6 Å². The Morgan fingerprint density at radius 3 is 2.64 bits per heavy atom. The van der Waals surface area contributed by atoms with Gasteiger partial charge in [0.1, 0.15) is 5.75 Å². The average Bonchev–Trinajstić information content (AvgIpc) is 2.69. The van der Waals surface area contributed by atoms with E-state index in [0.717, 1.165) is 12.1 Å². The molecule has 1 saturated heterocycles. The summed E-state index contributed by atoms with van der Waals surface area (Å²) in [4.78, 5) is 22.4. The molecule has 1 amide bonds. The average molecular weight is 391 g/mol. The van der Waals surface area contributed by atoms with Gasteiger partial charge < -0.3 is 15.4 Å². The minimum absolute atomic E-state index is 0.0700. The maximum atomic E-state index is 13.6. The molecule has 28 heavy (non-hydrogen) atoms. The molecule has 9 heteroatoms. The maximum Gasteiger partial charge on any atom is 0.269 e. The number of nitro benzene ring substituents is 1. The van der Waals surface area contributed by atoms with E-state index >= 15 is 0 Å². The number of nitrogens with one attached hydrogen (secondary N) is 2. The highest BCUT2D eigenvalue weighted by Crippen LogP contribution is 2.27. The molecule has 2 aromatic carbocycles. The molecule has 0 bridgehead atoms. The van der Waals surface area contributed by atoms with Crippen LogP contribution in [0.15, 0.2) is 42.5 Å². The van der Waals surface area contributed by atoms with Gasteiger partial charge >= 0.3 is 0 Å². The summed E-state index contributed by atoms with van der Waals surface area (Å²) in [5, 5.41) is 16.7. The van der Waals surface area contributed by atoms with Crippen molar-refractivity contribution >= 4 is 11.6 Å². The third-order valence-corrected chi connectivity index (χ3v) is 4.62. The number of hydrogen-bond donors (Lipinski definition) is 2. The van der Waals surface area contributed by atoms with E-state index in [4.69, 9.17) is 4.74 Å². The van der Waals surface area contributed by atoms with Gasteiger partial charge in [-0.25, -0.2) is 8.78 Å². The van der Waals surface area contributed by atoms with Crippen molar-refractivity contribution in [1.82, 2.24) is 10.6 Å². The second-order valence-corrected chi connectivity index (χ2v) is 6.49. The van der Waals surface area contributed by atoms with Crippen LogP contribution in [0.1, 0.15) is 17.9 Å². The predicted octanol–water partition coefficient (Wildman–Crippen LogP) is 2.51. The Morgan fingerprint density at radius 2 is 1.96 bits per heavy atom. The molecule has 0 radical (unpaired) electrons. The minimum atomic E-state index is -0.914. The molecular weight excluding hydrogens is 372 g/mol. The highest BCUT2D eigenvalue weighted by molar-refractivity contribution is 5.78. The Kier molecular flexibility index (Phi) is 6.15. The zero-order valence-corrected chi connectivity index (χ0v) is 14.9. The van der Waals surface area contributed by atoms with Gasteiger partial charge in [0.25, 0.3) is 11.6 Å². The lowest BCUT2D eigenvalue weighted by atomic mass is 9.86. The van der Waals surface area contributed by atoms with Crippen LogP contribution in [0.3, 0.4) is 0 Å². The van der Waals surface area contributed by atoms with E-state index in [0.29, 0.717) is 30.8 Å². The molecule has 2 aromatic rings. The standard InChI is InChI=1S/C19H19F2N3O4/c20-16-6-1-12(9-17(16)21)15-7-8-22-10-18(15)23-19(25)11-28-14-4-2-13(3-5-14)24(26)27/h1-6,9,15,18,22H,7-8,10-11H2,(H,23,25). The number of ether oxygens (including phenoxy) is 1. The SMILES string of the molecule is O=C(COc1ccc([N+](=O)[O-])cc1)NC1CNCCC1c1ccc(F)c(F)c1. The van der Waals surface area contributed by atoms with Gasteiger partial charge in [0.15, 0.2) is 18.2 Å². The Labute approximate surface area is 159 Å². The summed E-state index contributed by atoms with van der Waals surface area (Å²) in [6.45, 7) is 0.932. The van der Waals surface area contributed by atoms with Crippen LogP contribution < -0.4 is 15.4 Å². The predicted molar refractivity (Wildman–Crippen MR) is 97.1 cm³/mol. The van der Waals surface area contributed by atoms with Crippen molar-refractivity contribution < 1.29 is 23.2 Å². The fraction of sp³-hybridized carbons (Fsp3) is 0.316. The number of nitro groups is 1. The molecule has 148 valence electrons. The first-order chi connectivity index (χ1) is 13.4. The highest BCUT2D eigenvalue weighted by atomic mass is 19.2. The van der Waals surface area contributed by atoms with E-state index in [1.807, 2.05) is 0 Å². The molecule has 3 rings (SSSR count). The Hall–Kier alpha value is -3.07. The van der Waals surface area contributed by atoms with Gasteiger partial charge in [-0.05, 0) is 42.8 Å². The highest BCUT2D eigenvalue weighted by Gasteiger charge is 2.28. The van der Waals surface area contributed by atoms with Crippen LogP contribution in [-0.2, 0) is 4.79 Å². The minimum Gasteiger partial charge on any atom is -0.484 e. The summed E-state index contributed by atoms with van der Waals surface area (Å²) in [5.41, 5.74) is 0.557. The zero-order valence-electron chi connectivity index (χ0n) is 14.9. The van der Waals surface area contributed by atoms with Crippen molar-refractivity contribution in [1.29, 1.82) is 0 Å². The van der Waals surface area contributed by atoms with Gasteiger partial charge in [-0.2, -0.15) is 0 Å². The molecule has 1 aliphatic heterocycles. The summed E-state index contributed by atoms with van der Waals surface area (Å²) in [5.74, 6) is -2.02. The van der Waals surface area contributed by atoms with Crippen LogP contribution in [0.25, 0.3) is 0 Å². The van der Waals surface area contributed by atoms with Crippen LogP contribution in [-0.4, -0.2) is 36.6 Å². The van der Waals surface area contributed by atoms with Crippen molar-refractivity contribution in [3.8, 4) is 5.75 Å². The molecule has 7 nitrogen and oxygen atoms in total. The van der Waals surface area contributed by atoms with Crippen molar-refractivity contribution in [3.05, 3.63) is 69.8 Å². The fourth-order valence-electron chi connectivity index (χ4n) is 3.21. The second kappa shape index (κ2) is 8.75. The van der Waals surface area contributed by atoms with Crippen molar-refractivity contribution in [2.45, 2.75) is 18.4 Å². The summed E-state index contributed by atoms with van der Waals surface area (Å²) < 4.78 is 32.1. The first kappa shape index (κ1) is 19.7. The fourth-order valence-corrected chi connectivity index (χ4v) is 3.21. The molecule has 0 spiro atoms. The van der Waals surface area contributed by atoms with E-state index in [1.165, 1.54) is 30.3 Å². The number of carbonyl (C=O) groups is 1. The quantitative estimate of drug-likeness (QED) is 0.583. The van der Waals surface area contributed by atoms with Gasteiger partial charge in [0.05, 0.1) is 4.92 Å². The Morgan fingerprint density at radius 1 is 1.21 bits per heavy atom. The molecule has 1 heterocycles. The molecule has 0 aliphatic carbocycles. The third kappa shape index (κ3) is 4.80. The monoisotopic (exact) mass is 391 g/mol. The van der Waals surface area contributed by atoms with Crippen molar-refractivity contribution in [2.24, 2.45) is 0 Å². The van der Waals surface area contributed by atoms with Crippen LogP contribution in [0.4, 0.5) is 14.5 Å². The largest absolute Gasteiger partial charge is 0.484 e. The Balaban J connectivity index is 1.59. The molecule has 1 aliphatic rings. The number of rotatable bonds is 6. The number of amides is 1. The van der Waals surface area contributed by atoms with Crippen LogP contribution >= 0.6 is 0 Å². The number of hydrogen-bond acceptors (Lipinski definition) is 5. The molecular formula is C19H19F2N3O4. The van der Waals surface area contributed by atoms with Crippen LogP contribution in [0.5, 0.6) is 5.75 Å². The first-order valence-electron chi connectivity index (χ1n) is 8.76. The molecule has 2 atom stereocenters. The number of halogens is 2. The number of non-ortho nitro benzene ring substituents is 1. The number of nitrogens with zero attached hydrogens (tertiary/aromatic N) is 1. The van der Waals surface area contributed by atoms with E-state index in [1.54, 1.807) is 0 Å². The van der Waals surface area contributed by atoms with Crippen LogP contribution in [0.2, 0.25) is 0 Å². The molecule has 0 aromatic heterocycles. The lowest BCUT2D eigenvalue weighted by molar-refractivity contribution is -0.384. The summed E-state index contributed by atoms with van der Waals surface area (Å²) in [6, 6.07) is 8.89. The molecule has 1 fully saturated rings. The zero-order chi connectivity index (χ0) is 20.1. The van der Waals surface area contributed by atoms with Gasteiger partial charge in [0, 0.05) is 30.6 Å². The van der Waals surface area contributed by atoms with Gasteiger partial charge in [0.2, 0.25) is 0 Å². The molecule has 0 saturated carbocycles. The summed E-state index contributed by atoms with van der Waals surface area (Å²) >= 11 is 0. The lowest BCUT2D eigenvalue weighted by Crippen LogP contribution is -2.51.